The minimum Gasteiger partial charge on any atom is -0.391 e. The van der Waals surface area contributed by atoms with Gasteiger partial charge in [-0.15, -0.1) is 0 Å². The number of Topliss-reactive ketones (excluding diaryl/α,β-unsaturated/α-hetero) is 1. The van der Waals surface area contributed by atoms with Crippen molar-refractivity contribution in [3.05, 3.63) is 53.3 Å². The molecule has 0 atom stereocenters. The summed E-state index contributed by atoms with van der Waals surface area (Å²) in [7, 11) is 0. The van der Waals surface area contributed by atoms with E-state index in [1.165, 1.54) is 19.1 Å². The molecule has 0 amide bonds. The van der Waals surface area contributed by atoms with E-state index in [1.54, 1.807) is 24.3 Å². The minimum absolute atomic E-state index is 0.0672. The van der Waals surface area contributed by atoms with Gasteiger partial charge in [0.25, 0.3) is 0 Å². The Hall–Kier alpha value is -1.93. The Morgan fingerprint density at radius 1 is 1.27 bits per heavy atom. The van der Waals surface area contributed by atoms with Crippen LogP contribution in [0.3, 0.4) is 0 Å². The second-order valence-electron chi connectivity index (χ2n) is 4.98. The molecule has 0 fully saturated rings. The highest BCUT2D eigenvalue weighted by atomic mass is 32.3. The fourth-order valence-corrected chi connectivity index (χ4v) is 3.13. The number of halogens is 1. The molecule has 116 valence electrons. The van der Waals surface area contributed by atoms with Gasteiger partial charge in [-0.1, -0.05) is 24.3 Å². The largest absolute Gasteiger partial charge is 0.391 e. The van der Waals surface area contributed by atoms with E-state index in [9.17, 15) is 18.3 Å². The van der Waals surface area contributed by atoms with Crippen LogP contribution in [0.25, 0.3) is 11.1 Å². The molecule has 22 heavy (non-hydrogen) atoms. The molecule has 1 aliphatic heterocycles. The fourth-order valence-electron chi connectivity index (χ4n) is 2.30. The zero-order chi connectivity index (χ0) is 15.9. The van der Waals surface area contributed by atoms with Crippen LogP contribution in [0.4, 0.5) is 4.39 Å². The number of benzene rings is 2. The van der Waals surface area contributed by atoms with E-state index in [1.807, 2.05) is 0 Å². The van der Waals surface area contributed by atoms with Crippen LogP contribution < -0.4 is 8.91 Å². The van der Waals surface area contributed by atoms with Crippen molar-refractivity contribution in [3.63, 3.8) is 0 Å². The molecular weight excluding hydrogens is 309 g/mol. The molecule has 5 nitrogen and oxygen atoms in total. The summed E-state index contributed by atoms with van der Waals surface area (Å²) in [6.45, 7) is 1.55. The molecule has 0 unspecified atom stereocenters. The summed E-state index contributed by atoms with van der Waals surface area (Å²) in [6.07, 6.45) is 0. The maximum absolute atomic E-state index is 13.8. The van der Waals surface area contributed by atoms with E-state index in [-0.39, 0.29) is 18.1 Å². The Balaban J connectivity index is 2.10. The zero-order valence-corrected chi connectivity index (χ0v) is 12.5. The number of hydrogen-bond acceptors (Lipinski definition) is 5. The molecule has 0 spiro atoms. The first-order valence-corrected chi connectivity index (χ1v) is 7.99. The molecule has 0 saturated heterocycles. The lowest BCUT2D eigenvalue weighted by molar-refractivity contribution is 0.101. The van der Waals surface area contributed by atoms with E-state index < -0.39 is 16.9 Å². The lowest BCUT2D eigenvalue weighted by Crippen LogP contribution is -2.29. The highest BCUT2D eigenvalue weighted by molar-refractivity contribution is 8.18. The lowest BCUT2D eigenvalue weighted by Gasteiger charge is -2.34. The highest BCUT2D eigenvalue weighted by Crippen LogP contribution is 2.47. The molecule has 0 radical (unpaired) electrons. The Morgan fingerprint density at radius 3 is 2.59 bits per heavy atom. The highest BCUT2D eigenvalue weighted by Gasteiger charge is 2.29. The maximum Gasteiger partial charge on any atom is 0.203 e. The summed E-state index contributed by atoms with van der Waals surface area (Å²) in [4.78, 5) is 11.3. The quantitative estimate of drug-likeness (QED) is 0.733. The Morgan fingerprint density at radius 2 is 1.95 bits per heavy atom. The van der Waals surface area contributed by atoms with Gasteiger partial charge in [0.05, 0.1) is 0 Å². The summed E-state index contributed by atoms with van der Waals surface area (Å²) in [5, 5.41) is 0. The van der Waals surface area contributed by atoms with E-state index in [0.29, 0.717) is 22.3 Å². The molecular formula is C15H14FNO4S. The van der Waals surface area contributed by atoms with Crippen molar-refractivity contribution >= 4 is 16.8 Å². The van der Waals surface area contributed by atoms with Gasteiger partial charge in [-0.25, -0.2) is 9.11 Å². The van der Waals surface area contributed by atoms with Crippen LogP contribution in [0, 0.1) is 5.82 Å². The standard InChI is InChI=1S/C15H14FNO4S/c1-9(18)10-2-4-11(5-3-10)14-7-13(16)6-12-8-17-22(19,20)21-15(12)14/h2-7,17,19-20H,8H2,1H3. The molecule has 0 aromatic heterocycles. The SMILES string of the molecule is CC(=O)c1ccc(-c2cc(F)cc3c2OS(O)(O)NC3)cc1. The first-order valence-electron chi connectivity index (χ1n) is 6.52. The molecule has 0 aliphatic carbocycles. The third-order valence-electron chi connectivity index (χ3n) is 3.38. The van der Waals surface area contributed by atoms with Gasteiger partial charge in [0.2, 0.25) is 11.1 Å². The second kappa shape index (κ2) is 5.36. The smallest absolute Gasteiger partial charge is 0.203 e. The molecule has 0 saturated carbocycles. The number of rotatable bonds is 2. The summed E-state index contributed by atoms with van der Waals surface area (Å²) in [6, 6.07) is 9.15. The molecule has 3 N–H and O–H groups in total. The summed E-state index contributed by atoms with van der Waals surface area (Å²) >= 11 is -3.39. The van der Waals surface area contributed by atoms with Crippen LogP contribution in [0.15, 0.2) is 36.4 Å². The first-order chi connectivity index (χ1) is 10.4. The number of ketones is 1. The van der Waals surface area contributed by atoms with Crippen LogP contribution in [-0.2, 0) is 6.54 Å². The molecule has 1 aliphatic rings. The fraction of sp³-hybridized carbons (Fsp3) is 0.133. The summed E-state index contributed by atoms with van der Waals surface area (Å²) in [5.41, 5.74) is 2.07. The average molecular weight is 323 g/mol. The van der Waals surface area contributed by atoms with Gasteiger partial charge in [0.1, 0.15) is 5.82 Å². The first kappa shape index (κ1) is 15.0. The number of carbonyl (C=O) groups excluding carboxylic acids is 1. The van der Waals surface area contributed by atoms with Crippen LogP contribution >= 0.6 is 11.1 Å². The molecule has 7 heteroatoms. The zero-order valence-electron chi connectivity index (χ0n) is 11.7. The number of carbonyl (C=O) groups is 1. The van der Waals surface area contributed by atoms with E-state index >= 15 is 0 Å². The van der Waals surface area contributed by atoms with Crippen molar-refractivity contribution in [3.8, 4) is 16.9 Å². The van der Waals surface area contributed by atoms with E-state index in [2.05, 4.69) is 4.72 Å². The van der Waals surface area contributed by atoms with Gasteiger partial charge in [-0.3, -0.25) is 13.9 Å². The van der Waals surface area contributed by atoms with Crippen LogP contribution in [0.5, 0.6) is 5.75 Å². The van der Waals surface area contributed by atoms with Gasteiger partial charge in [-0.2, -0.15) is 0 Å². The van der Waals surface area contributed by atoms with Gasteiger partial charge in [0, 0.05) is 23.2 Å². The Labute approximate surface area is 128 Å². The number of nitrogens with one attached hydrogen (secondary N) is 1. The third kappa shape index (κ3) is 2.84. The normalized spacial score (nSPS) is 17.3. The molecule has 3 rings (SSSR count). The number of hydrogen-bond donors (Lipinski definition) is 3. The topological polar surface area (TPSA) is 78.8 Å². The maximum atomic E-state index is 13.8. The summed E-state index contributed by atoms with van der Waals surface area (Å²) in [5.74, 6) is -0.286. The van der Waals surface area contributed by atoms with Crippen LogP contribution in [0.1, 0.15) is 22.8 Å². The molecule has 0 bridgehead atoms. The minimum atomic E-state index is -3.39. The van der Waals surface area contributed by atoms with Crippen molar-refractivity contribution < 1.29 is 22.5 Å². The molecule has 2 aromatic rings. The Kier molecular flexibility index (Phi) is 3.65. The van der Waals surface area contributed by atoms with Gasteiger partial charge in [0.15, 0.2) is 11.5 Å². The monoisotopic (exact) mass is 323 g/mol. The van der Waals surface area contributed by atoms with Gasteiger partial charge >= 0.3 is 0 Å². The van der Waals surface area contributed by atoms with Crippen molar-refractivity contribution in [1.82, 2.24) is 4.72 Å². The summed E-state index contributed by atoms with van der Waals surface area (Å²) < 4.78 is 40.7. The van der Waals surface area contributed by atoms with Crippen LogP contribution in [0.2, 0.25) is 0 Å². The third-order valence-corrected chi connectivity index (χ3v) is 4.30. The van der Waals surface area contributed by atoms with E-state index in [4.69, 9.17) is 4.18 Å². The second-order valence-corrected chi connectivity index (χ2v) is 6.42. The van der Waals surface area contributed by atoms with Gasteiger partial charge < -0.3 is 4.18 Å². The number of fused-ring (bicyclic) bond motifs is 1. The van der Waals surface area contributed by atoms with Crippen LogP contribution in [-0.4, -0.2) is 14.9 Å². The molecule has 2 aromatic carbocycles. The predicted octanol–water partition coefficient (Wildman–Crippen LogP) is 3.76. The van der Waals surface area contributed by atoms with Gasteiger partial charge in [-0.05, 0) is 24.6 Å². The van der Waals surface area contributed by atoms with Crippen molar-refractivity contribution in [2.24, 2.45) is 0 Å². The van der Waals surface area contributed by atoms with Crippen molar-refractivity contribution in [2.75, 3.05) is 0 Å². The van der Waals surface area contributed by atoms with E-state index in [0.717, 1.165) is 0 Å². The lowest BCUT2D eigenvalue weighted by atomic mass is 9.99. The van der Waals surface area contributed by atoms with Crippen molar-refractivity contribution in [1.29, 1.82) is 0 Å². The average Bonchev–Trinajstić information content (AvgIpc) is 2.46. The predicted molar refractivity (Wildman–Crippen MR) is 82.2 cm³/mol. The van der Waals surface area contributed by atoms with Crippen molar-refractivity contribution in [2.45, 2.75) is 13.5 Å². The molecule has 1 heterocycles. The Bertz CT molecular complexity index is 746.